The van der Waals surface area contributed by atoms with Crippen molar-refractivity contribution in [3.8, 4) is 0 Å². The van der Waals surface area contributed by atoms with Crippen LogP contribution in [0.25, 0.3) is 0 Å². The maximum atomic E-state index is 12.6. The van der Waals surface area contributed by atoms with Crippen molar-refractivity contribution in [2.24, 2.45) is 17.8 Å². The second-order valence-corrected chi connectivity index (χ2v) is 7.03. The molecule has 5 nitrogen and oxygen atoms in total. The summed E-state index contributed by atoms with van der Waals surface area (Å²) in [5, 5.41) is 9.46. The molecule has 0 radical (unpaired) electrons. The number of likely N-dealkylation sites (tertiary alicyclic amines) is 1. The van der Waals surface area contributed by atoms with Crippen molar-refractivity contribution in [2.45, 2.75) is 38.5 Å². The summed E-state index contributed by atoms with van der Waals surface area (Å²) in [6, 6.07) is 9.56. The predicted octanol–water partition coefficient (Wildman–Crippen LogP) is 1.99. The molecule has 1 amide bonds. The van der Waals surface area contributed by atoms with Gasteiger partial charge in [0.2, 0.25) is 5.91 Å². The molecule has 136 valence electrons. The van der Waals surface area contributed by atoms with Gasteiger partial charge in [0.1, 0.15) is 0 Å². The maximum absolute atomic E-state index is 12.6. The number of fused-ring (bicyclic) bond motifs is 1. The zero-order valence-corrected chi connectivity index (χ0v) is 16.9. The van der Waals surface area contributed by atoms with E-state index in [2.05, 4.69) is 0 Å². The van der Waals surface area contributed by atoms with Crippen LogP contribution in [0.1, 0.15) is 40.5 Å². The Morgan fingerprint density at radius 1 is 1.12 bits per heavy atom. The van der Waals surface area contributed by atoms with Gasteiger partial charge in [-0.15, -0.1) is 0 Å². The Balaban J connectivity index is 0. The predicted molar refractivity (Wildman–Crippen MR) is 99.5 cm³/mol. The molecule has 1 aromatic rings. The largest absolute Gasteiger partial charge is 2.00 e. The van der Waals surface area contributed by atoms with E-state index in [9.17, 15) is 14.7 Å². The fraction of sp³-hybridized carbons (Fsp3) is 0.579. The molecule has 3 rings (SSSR count). The fourth-order valence-electron chi connectivity index (χ4n) is 4.09. The van der Waals surface area contributed by atoms with Gasteiger partial charge in [-0.2, -0.15) is 0 Å². The third-order valence-electron chi connectivity index (χ3n) is 5.42. The Kier molecular flexibility index (Phi) is 9.43. The summed E-state index contributed by atoms with van der Waals surface area (Å²) in [6.45, 7) is 1.67. The van der Waals surface area contributed by atoms with Gasteiger partial charge in [-0.25, -0.2) is 0 Å². The van der Waals surface area contributed by atoms with E-state index in [1.807, 2.05) is 35.2 Å². The van der Waals surface area contributed by atoms with Crippen LogP contribution in [-0.2, 0) is 16.0 Å². The van der Waals surface area contributed by atoms with Crippen LogP contribution in [0.3, 0.4) is 0 Å². The molecule has 6 heteroatoms. The smallest absolute Gasteiger partial charge is 1.00 e. The molecule has 1 saturated carbocycles. The van der Waals surface area contributed by atoms with Gasteiger partial charge in [0.15, 0.2) is 0 Å². The second-order valence-electron chi connectivity index (χ2n) is 7.03. The van der Waals surface area contributed by atoms with Crippen molar-refractivity contribution >= 4 is 49.6 Å². The number of aliphatic carboxylic acids is 1. The van der Waals surface area contributed by atoms with E-state index in [1.54, 1.807) is 0 Å². The Labute approximate surface area is 182 Å². The third kappa shape index (κ3) is 5.95. The molecule has 0 bridgehead atoms. The van der Waals surface area contributed by atoms with Gasteiger partial charge >= 0.3 is 43.7 Å². The molecule has 2 aliphatic rings. The van der Waals surface area contributed by atoms with Crippen LogP contribution < -0.4 is 0 Å². The average molecular weight is 376 g/mol. The van der Waals surface area contributed by atoms with E-state index in [-0.39, 0.29) is 58.4 Å². The van der Waals surface area contributed by atoms with Crippen molar-refractivity contribution in [3.63, 3.8) is 0 Å². The summed E-state index contributed by atoms with van der Waals surface area (Å²) in [7, 11) is 0. The number of hydrogen-bond donors (Lipinski definition) is 1. The van der Waals surface area contributed by atoms with Gasteiger partial charge < -0.3 is 18.3 Å². The number of benzene rings is 1. The quantitative estimate of drug-likeness (QED) is 0.798. The summed E-state index contributed by atoms with van der Waals surface area (Å²) in [4.78, 5) is 26.0. The average Bonchev–Trinajstić information content (AvgIpc) is 2.99. The Morgan fingerprint density at radius 3 is 2.20 bits per heavy atom. The maximum Gasteiger partial charge on any atom is 2.00 e. The van der Waals surface area contributed by atoms with Gasteiger partial charge in [0, 0.05) is 19.5 Å². The number of amides is 1. The minimum absolute atomic E-state index is 0. The molecule has 3 N–H and O–H groups in total. The van der Waals surface area contributed by atoms with Gasteiger partial charge in [-0.3, -0.25) is 9.59 Å². The molecule has 1 saturated heterocycles. The first kappa shape index (κ1) is 22.4. The van der Waals surface area contributed by atoms with Crippen molar-refractivity contribution < 1.29 is 23.0 Å². The topological polar surface area (TPSA) is 89.1 Å². The van der Waals surface area contributed by atoms with Crippen LogP contribution in [0, 0.1) is 17.8 Å². The first-order chi connectivity index (χ1) is 11.1. The Morgan fingerprint density at radius 2 is 1.68 bits per heavy atom. The van der Waals surface area contributed by atoms with E-state index < -0.39 is 11.9 Å². The molecular formula is C19H29CaNO4. The van der Waals surface area contributed by atoms with E-state index in [1.165, 1.54) is 25.7 Å². The van der Waals surface area contributed by atoms with Crippen molar-refractivity contribution in [2.75, 3.05) is 13.1 Å². The molecule has 2 fully saturated rings. The number of carbonyl (C=O) groups excluding carboxylic acids is 1. The Bertz CT molecular complexity index is 562. The van der Waals surface area contributed by atoms with Gasteiger partial charge in [0.05, 0.1) is 5.92 Å². The van der Waals surface area contributed by atoms with E-state index >= 15 is 0 Å². The molecular weight excluding hydrogens is 346 g/mol. The standard InChI is InChI=1S/C19H25NO3.Ca.H2O.2H/c21-18(20-12-15-8-4-5-9-16(15)13-20)11-17(19(22)23)10-14-6-2-1-3-7-14;;;;/h1-3,6-7,15-17H,4-5,8-13H2,(H,22,23);;1H2;;/q;+2;;2*-1/t15-,16+,17-;;;;/m0..../s1. The minimum atomic E-state index is -0.876. The van der Waals surface area contributed by atoms with Crippen molar-refractivity contribution in [1.82, 2.24) is 4.90 Å². The summed E-state index contributed by atoms with van der Waals surface area (Å²) in [5.41, 5.74) is 0.975. The van der Waals surface area contributed by atoms with Gasteiger partial charge in [0.25, 0.3) is 0 Å². The zero-order chi connectivity index (χ0) is 16.2. The Hall–Kier alpha value is -0.620. The number of carbonyl (C=O) groups is 2. The number of rotatable bonds is 5. The number of hydrogen-bond acceptors (Lipinski definition) is 2. The summed E-state index contributed by atoms with van der Waals surface area (Å²) in [5.74, 6) is -0.204. The van der Waals surface area contributed by atoms with Crippen LogP contribution in [-0.4, -0.2) is 78.2 Å². The van der Waals surface area contributed by atoms with Crippen molar-refractivity contribution in [1.29, 1.82) is 0 Å². The number of nitrogens with zero attached hydrogens (tertiary/aromatic N) is 1. The van der Waals surface area contributed by atoms with E-state index in [4.69, 9.17) is 0 Å². The normalized spacial score (nSPS) is 23.0. The number of carboxylic acids is 1. The van der Waals surface area contributed by atoms with Crippen LogP contribution in [0.15, 0.2) is 30.3 Å². The molecule has 25 heavy (non-hydrogen) atoms. The first-order valence-electron chi connectivity index (χ1n) is 8.68. The van der Waals surface area contributed by atoms with Crippen LogP contribution in [0.5, 0.6) is 0 Å². The fourth-order valence-corrected chi connectivity index (χ4v) is 4.09. The monoisotopic (exact) mass is 375 g/mol. The molecule has 1 heterocycles. The van der Waals surface area contributed by atoms with Crippen molar-refractivity contribution in [3.05, 3.63) is 35.9 Å². The van der Waals surface area contributed by atoms with Crippen LogP contribution in [0.4, 0.5) is 0 Å². The minimum Gasteiger partial charge on any atom is -1.00 e. The SMILES string of the molecule is O.O=C(O)[C@H](CC(=O)N1C[C@H]2CCCC[C@H]2C1)Cc1ccccc1.[Ca+2].[H-].[H-]. The first-order valence-corrected chi connectivity index (χ1v) is 8.68. The molecule has 0 unspecified atom stereocenters. The summed E-state index contributed by atoms with van der Waals surface area (Å²) >= 11 is 0. The van der Waals surface area contributed by atoms with E-state index in [0.29, 0.717) is 18.3 Å². The zero-order valence-electron chi connectivity index (χ0n) is 16.7. The van der Waals surface area contributed by atoms with E-state index in [0.717, 1.165) is 18.7 Å². The third-order valence-corrected chi connectivity index (χ3v) is 5.42. The van der Waals surface area contributed by atoms with Gasteiger partial charge in [-0.1, -0.05) is 43.2 Å². The molecule has 3 atom stereocenters. The van der Waals surface area contributed by atoms with Crippen LogP contribution >= 0.6 is 0 Å². The summed E-state index contributed by atoms with van der Waals surface area (Å²) in [6.07, 6.45) is 5.53. The molecule has 0 aromatic heterocycles. The van der Waals surface area contributed by atoms with Crippen LogP contribution in [0.2, 0.25) is 0 Å². The number of carboxylic acid groups (broad SMARTS) is 1. The summed E-state index contributed by atoms with van der Waals surface area (Å²) < 4.78 is 0. The molecule has 1 aliphatic carbocycles. The molecule has 1 aromatic carbocycles. The second kappa shape index (κ2) is 10.5. The van der Waals surface area contributed by atoms with Gasteiger partial charge in [-0.05, 0) is 36.7 Å². The molecule has 0 spiro atoms. The molecule has 1 aliphatic heterocycles.